The summed E-state index contributed by atoms with van der Waals surface area (Å²) in [6.07, 6.45) is 5.18. The van der Waals surface area contributed by atoms with Crippen LogP contribution < -0.4 is 4.90 Å². The molecule has 0 fully saturated rings. The van der Waals surface area contributed by atoms with Crippen LogP contribution in [-0.2, 0) is 19.3 Å². The van der Waals surface area contributed by atoms with E-state index in [4.69, 9.17) is 0 Å². The van der Waals surface area contributed by atoms with E-state index in [1.54, 1.807) is 0 Å². The first-order chi connectivity index (χ1) is 14.7. The molecule has 0 saturated carbocycles. The van der Waals surface area contributed by atoms with Crippen LogP contribution in [0.1, 0.15) is 30.5 Å². The molecule has 1 aliphatic heterocycles. The Morgan fingerprint density at radius 2 is 1.44 bits per heavy atom. The molecular formula is C22H29F6N2OP. The molecule has 0 radical (unpaired) electrons. The Morgan fingerprint density at radius 3 is 1.91 bits per heavy atom. The van der Waals surface area contributed by atoms with Gasteiger partial charge in [-0.2, -0.15) is 0 Å². The second-order valence-corrected chi connectivity index (χ2v) is 9.58. The number of hydrogen-bond acceptors (Lipinski definition) is 2. The summed E-state index contributed by atoms with van der Waals surface area (Å²) in [4.78, 5) is 2.38. The first kappa shape index (κ1) is 26.1. The number of aliphatic hydroxyl groups is 1. The molecule has 2 aromatic carbocycles. The summed E-state index contributed by atoms with van der Waals surface area (Å²) in [6, 6.07) is 17.2. The van der Waals surface area contributed by atoms with Gasteiger partial charge in [0, 0.05) is 6.42 Å². The van der Waals surface area contributed by atoms with E-state index < -0.39 is 7.81 Å². The molecule has 32 heavy (non-hydrogen) atoms. The monoisotopic (exact) mass is 482 g/mol. The van der Waals surface area contributed by atoms with Gasteiger partial charge in [-0.1, -0.05) is 62.4 Å². The standard InChI is InChI=1S/C22H29N2O.F6P/c1-3-19-11-8-12-20(4-2)22(19)24-14-13-23(17-24)21(16-25)15-18-9-6-5-7-10-18;1-7(2,3,4,5)6/h5-12,17,21,25H,3-4,13-16H2,1-2H3;/q+1;-1/t21-;/m0./s1. The van der Waals surface area contributed by atoms with Gasteiger partial charge in [-0.15, -0.1) is 0 Å². The SMILES string of the molecule is CCc1cccc(CC)c1N1C=[N+]([C@H](CO)Cc2ccccc2)CC1.F[P-](F)(F)(F)(F)F. The quantitative estimate of drug-likeness (QED) is 0.272. The molecule has 1 N–H and O–H groups in total. The van der Waals surface area contributed by atoms with Gasteiger partial charge in [0.2, 0.25) is 6.34 Å². The average molecular weight is 482 g/mol. The summed E-state index contributed by atoms with van der Waals surface area (Å²) in [5.41, 5.74) is 5.45. The Hall–Kier alpha value is -2.12. The summed E-state index contributed by atoms with van der Waals surface area (Å²) in [6.45, 7) is 6.56. The second-order valence-electron chi connectivity index (χ2n) is 7.66. The van der Waals surface area contributed by atoms with Gasteiger partial charge in [-0.3, -0.25) is 4.58 Å². The third-order valence-electron chi connectivity index (χ3n) is 5.13. The Labute approximate surface area is 184 Å². The van der Waals surface area contributed by atoms with Crippen LogP contribution in [0.15, 0.2) is 48.5 Å². The predicted octanol–water partition coefficient (Wildman–Crippen LogP) is 6.66. The Balaban J connectivity index is 0.000000451. The number of hydrogen-bond donors (Lipinski definition) is 1. The summed E-state index contributed by atoms with van der Waals surface area (Å²) in [5, 5.41) is 9.93. The number of halogens is 6. The zero-order chi connectivity index (χ0) is 24.1. The van der Waals surface area contributed by atoms with E-state index in [0.717, 1.165) is 32.4 Å². The number of rotatable bonds is 7. The zero-order valence-electron chi connectivity index (χ0n) is 18.1. The normalized spacial score (nSPS) is 17.0. The van der Waals surface area contributed by atoms with E-state index in [1.165, 1.54) is 22.4 Å². The van der Waals surface area contributed by atoms with E-state index in [2.05, 4.69) is 72.1 Å². The van der Waals surface area contributed by atoms with Crippen molar-refractivity contribution in [2.75, 3.05) is 24.6 Å². The number of para-hydroxylation sites is 1. The number of nitrogens with zero attached hydrogens (tertiary/aromatic N) is 2. The molecule has 0 bridgehead atoms. The van der Waals surface area contributed by atoms with Gasteiger partial charge in [-0.05, 0) is 29.5 Å². The number of aliphatic hydroxyl groups excluding tert-OH is 1. The molecule has 1 atom stereocenters. The van der Waals surface area contributed by atoms with Crippen molar-refractivity contribution in [2.45, 2.75) is 39.2 Å². The van der Waals surface area contributed by atoms with Crippen LogP contribution in [0.4, 0.5) is 30.9 Å². The average Bonchev–Trinajstić information content (AvgIpc) is 3.19. The van der Waals surface area contributed by atoms with Crippen LogP contribution in [-0.4, -0.2) is 41.8 Å². The molecule has 1 aliphatic rings. The number of anilines is 1. The fourth-order valence-corrected chi connectivity index (χ4v) is 3.72. The molecule has 0 aromatic heterocycles. The van der Waals surface area contributed by atoms with Gasteiger partial charge in [0.1, 0.15) is 24.8 Å². The van der Waals surface area contributed by atoms with Crippen LogP contribution >= 0.6 is 7.81 Å². The number of benzene rings is 2. The topological polar surface area (TPSA) is 26.5 Å². The Kier molecular flexibility index (Phi) is 7.67. The molecule has 2 aromatic rings. The molecule has 3 nitrogen and oxygen atoms in total. The van der Waals surface area contributed by atoms with Crippen molar-refractivity contribution in [1.29, 1.82) is 0 Å². The Bertz CT molecular complexity index is 899. The fourth-order valence-electron chi connectivity index (χ4n) is 3.72. The van der Waals surface area contributed by atoms with Gasteiger partial charge in [0.05, 0.1) is 6.61 Å². The van der Waals surface area contributed by atoms with Crippen LogP contribution in [0.2, 0.25) is 0 Å². The maximum absolute atomic E-state index is 10.7. The van der Waals surface area contributed by atoms with Gasteiger partial charge < -0.3 is 5.11 Å². The van der Waals surface area contributed by atoms with E-state index in [0.29, 0.717) is 0 Å². The van der Waals surface area contributed by atoms with E-state index in [1.807, 2.05) is 6.07 Å². The molecule has 0 amide bonds. The summed E-state index contributed by atoms with van der Waals surface area (Å²) >= 11 is 0. The van der Waals surface area contributed by atoms with Crippen LogP contribution in [0, 0.1) is 0 Å². The van der Waals surface area contributed by atoms with Crippen LogP contribution in [0.25, 0.3) is 0 Å². The van der Waals surface area contributed by atoms with Gasteiger partial charge in [-0.25, -0.2) is 4.90 Å². The summed E-state index contributed by atoms with van der Waals surface area (Å²) in [5.74, 6) is 0. The molecule has 0 spiro atoms. The molecule has 10 heteroatoms. The predicted molar refractivity (Wildman–Crippen MR) is 118 cm³/mol. The molecular weight excluding hydrogens is 453 g/mol. The first-order valence-corrected chi connectivity index (χ1v) is 12.4. The summed E-state index contributed by atoms with van der Waals surface area (Å²) < 4.78 is 61.5. The van der Waals surface area contributed by atoms with E-state index >= 15 is 0 Å². The second kappa shape index (κ2) is 9.40. The van der Waals surface area contributed by atoms with Crippen LogP contribution in [0.3, 0.4) is 0 Å². The van der Waals surface area contributed by atoms with Crippen molar-refractivity contribution in [3.8, 4) is 0 Å². The minimum atomic E-state index is -10.7. The molecule has 1 heterocycles. The van der Waals surface area contributed by atoms with Crippen molar-refractivity contribution in [1.82, 2.24) is 0 Å². The molecule has 180 valence electrons. The molecule has 0 unspecified atom stereocenters. The van der Waals surface area contributed by atoms with Gasteiger partial charge >= 0.3 is 33.0 Å². The first-order valence-electron chi connectivity index (χ1n) is 10.4. The third kappa shape index (κ3) is 9.17. The number of aryl methyl sites for hydroxylation is 2. The van der Waals surface area contributed by atoms with Crippen molar-refractivity contribution in [2.24, 2.45) is 0 Å². The third-order valence-corrected chi connectivity index (χ3v) is 5.13. The fraction of sp³-hybridized carbons (Fsp3) is 0.409. The Morgan fingerprint density at radius 1 is 0.906 bits per heavy atom. The van der Waals surface area contributed by atoms with Crippen molar-refractivity contribution < 1.29 is 34.9 Å². The minimum absolute atomic E-state index is 0.131. The van der Waals surface area contributed by atoms with Gasteiger partial charge in [0.25, 0.3) is 0 Å². The zero-order valence-corrected chi connectivity index (χ0v) is 19.0. The van der Waals surface area contributed by atoms with Gasteiger partial charge in [0.15, 0.2) is 0 Å². The van der Waals surface area contributed by atoms with E-state index in [9.17, 15) is 30.3 Å². The van der Waals surface area contributed by atoms with Crippen molar-refractivity contribution in [3.63, 3.8) is 0 Å². The molecule has 0 saturated heterocycles. The summed E-state index contributed by atoms with van der Waals surface area (Å²) in [7, 11) is -10.7. The van der Waals surface area contributed by atoms with Crippen LogP contribution in [0.5, 0.6) is 0 Å². The van der Waals surface area contributed by atoms with Crippen molar-refractivity contribution in [3.05, 3.63) is 65.2 Å². The molecule has 0 aliphatic carbocycles. The van der Waals surface area contributed by atoms with E-state index in [-0.39, 0.29) is 12.6 Å². The van der Waals surface area contributed by atoms with Crippen molar-refractivity contribution >= 4 is 19.8 Å². The maximum atomic E-state index is 9.93. The molecule has 3 rings (SSSR count).